The van der Waals surface area contributed by atoms with Gasteiger partial charge in [-0.2, -0.15) is 0 Å². The van der Waals surface area contributed by atoms with E-state index < -0.39 is 23.7 Å². The van der Waals surface area contributed by atoms with E-state index in [4.69, 9.17) is 0 Å². The fourth-order valence-electron chi connectivity index (χ4n) is 7.67. The molecule has 7 rings (SSSR count). The van der Waals surface area contributed by atoms with Gasteiger partial charge >= 0.3 is 0 Å². The molecule has 0 spiro atoms. The molecular weight excluding hydrogens is 491 g/mol. The molecule has 2 atom stereocenters. The lowest BCUT2D eigenvalue weighted by atomic mass is 9.60. The van der Waals surface area contributed by atoms with Crippen molar-refractivity contribution in [3.05, 3.63) is 63.9 Å². The first kappa shape index (κ1) is 25.1. The van der Waals surface area contributed by atoms with Crippen LogP contribution in [-0.4, -0.2) is 35.6 Å². The number of nitrogens with zero attached hydrogens (tertiary/aromatic N) is 3. The fraction of sp³-hybridized carbons (Fsp3) is 0.500. The molecule has 4 fully saturated rings. The zero-order valence-electron chi connectivity index (χ0n) is 21.6. The Morgan fingerprint density at radius 3 is 2.55 bits per heavy atom. The molecule has 0 aliphatic heterocycles. The predicted molar refractivity (Wildman–Crippen MR) is 141 cm³/mol. The zero-order chi connectivity index (χ0) is 26.6. The topological polar surface area (TPSA) is 55.2 Å². The summed E-state index contributed by atoms with van der Waals surface area (Å²) >= 11 is 0. The average molecular weight is 524 g/mol. The average Bonchev–Trinajstić information content (AvgIpc) is 3.07. The molecule has 3 aromatic rings. The molecule has 0 amide bonds. The van der Waals surface area contributed by atoms with Crippen LogP contribution in [0.5, 0.6) is 0 Å². The van der Waals surface area contributed by atoms with Crippen LogP contribution in [0.25, 0.3) is 16.7 Å². The van der Waals surface area contributed by atoms with Crippen molar-refractivity contribution in [1.29, 1.82) is 0 Å². The van der Waals surface area contributed by atoms with Gasteiger partial charge in [0.25, 0.3) is 0 Å². The van der Waals surface area contributed by atoms with Crippen LogP contribution in [0.4, 0.5) is 19.0 Å². The molecule has 4 aliphatic carbocycles. The minimum absolute atomic E-state index is 0.000908. The number of fused-ring (bicyclic) bond motifs is 2. The van der Waals surface area contributed by atoms with Crippen LogP contribution in [0.3, 0.4) is 0 Å². The molecule has 2 unspecified atom stereocenters. The summed E-state index contributed by atoms with van der Waals surface area (Å²) in [5.74, 6) is 0.674. The number of alkyl halides is 1. The van der Waals surface area contributed by atoms with Gasteiger partial charge in [-0.3, -0.25) is 14.2 Å². The maximum absolute atomic E-state index is 15.0. The molecule has 4 bridgehead atoms. The molecule has 1 aromatic carbocycles. The summed E-state index contributed by atoms with van der Waals surface area (Å²) in [4.78, 5) is 33.6. The molecule has 0 saturated heterocycles. The van der Waals surface area contributed by atoms with Crippen LogP contribution in [0.15, 0.2) is 41.3 Å². The molecule has 0 N–H and O–H groups in total. The number of ketones is 1. The number of carbonyl (C=O) groups excluding carboxylic acids is 1. The number of aromatic nitrogens is 2. The van der Waals surface area contributed by atoms with Crippen molar-refractivity contribution in [3.8, 4) is 5.69 Å². The maximum atomic E-state index is 15.0. The van der Waals surface area contributed by atoms with E-state index in [1.807, 2.05) is 0 Å². The number of Topliss-reactive ketones (excluding diaryl/α,β-unsaturated/α-hetero) is 1. The van der Waals surface area contributed by atoms with Gasteiger partial charge in [0.1, 0.15) is 24.1 Å². The largest absolute Gasteiger partial charge is 0.357 e. The lowest BCUT2D eigenvalue weighted by Gasteiger charge is -2.45. The summed E-state index contributed by atoms with van der Waals surface area (Å²) in [5.41, 5.74) is -0.417. The summed E-state index contributed by atoms with van der Waals surface area (Å²) < 4.78 is 43.1. The molecule has 2 heterocycles. The van der Waals surface area contributed by atoms with Gasteiger partial charge in [-0.15, -0.1) is 0 Å². The summed E-state index contributed by atoms with van der Waals surface area (Å²) in [5, 5.41) is 0.166. The van der Waals surface area contributed by atoms with Gasteiger partial charge in [-0.25, -0.2) is 18.2 Å². The number of hydrogen-bond donors (Lipinski definition) is 0. The molecule has 5 nitrogen and oxygen atoms in total. The van der Waals surface area contributed by atoms with Gasteiger partial charge in [0.05, 0.1) is 16.6 Å². The molecule has 200 valence electrons. The lowest BCUT2D eigenvalue weighted by molar-refractivity contribution is 0.0530. The van der Waals surface area contributed by atoms with E-state index in [9.17, 15) is 22.8 Å². The van der Waals surface area contributed by atoms with Gasteiger partial charge in [0.15, 0.2) is 11.4 Å². The number of halogens is 3. The first-order valence-corrected chi connectivity index (χ1v) is 13.6. The maximum Gasteiger partial charge on any atom is 0.201 e. The van der Waals surface area contributed by atoms with E-state index in [0.717, 1.165) is 43.7 Å². The van der Waals surface area contributed by atoms with Crippen LogP contribution in [-0.2, 0) is 0 Å². The smallest absolute Gasteiger partial charge is 0.201 e. The lowest BCUT2D eigenvalue weighted by Crippen LogP contribution is -2.36. The van der Waals surface area contributed by atoms with Crippen molar-refractivity contribution >= 4 is 22.6 Å². The zero-order valence-corrected chi connectivity index (χ0v) is 21.6. The number of benzene rings is 1. The highest BCUT2D eigenvalue weighted by atomic mass is 19.1. The highest BCUT2D eigenvalue weighted by Crippen LogP contribution is 2.58. The van der Waals surface area contributed by atoms with Gasteiger partial charge in [0, 0.05) is 32.3 Å². The first-order valence-electron chi connectivity index (χ1n) is 13.6. The molecule has 8 heteroatoms. The second-order valence-corrected chi connectivity index (χ2v) is 11.8. The van der Waals surface area contributed by atoms with Crippen molar-refractivity contribution < 1.29 is 18.0 Å². The minimum Gasteiger partial charge on any atom is -0.357 e. The van der Waals surface area contributed by atoms with Crippen molar-refractivity contribution in [2.45, 2.75) is 51.4 Å². The van der Waals surface area contributed by atoms with Crippen molar-refractivity contribution in [3.63, 3.8) is 0 Å². The van der Waals surface area contributed by atoms with Gasteiger partial charge in [0.2, 0.25) is 5.43 Å². The van der Waals surface area contributed by atoms with Gasteiger partial charge in [-0.1, -0.05) is 0 Å². The third kappa shape index (κ3) is 4.41. The molecule has 4 aliphatic rings. The van der Waals surface area contributed by atoms with Crippen molar-refractivity contribution in [2.75, 3.05) is 25.2 Å². The summed E-state index contributed by atoms with van der Waals surface area (Å²) in [6.45, 7) is -0.498. The first-order chi connectivity index (χ1) is 18.2. The third-order valence-corrected chi connectivity index (χ3v) is 9.18. The second-order valence-electron chi connectivity index (χ2n) is 11.8. The van der Waals surface area contributed by atoms with E-state index in [1.165, 1.54) is 36.1 Å². The van der Waals surface area contributed by atoms with Gasteiger partial charge < -0.3 is 4.90 Å². The van der Waals surface area contributed by atoms with Crippen LogP contribution >= 0.6 is 0 Å². The summed E-state index contributed by atoms with van der Waals surface area (Å²) in [7, 11) is 1.67. The standard InChI is InChI=1S/C30H32F3N3O2/c1-35(9-8-31)27-5-3-22-28(38)23(17-36(29(22)34-27)25-4-2-21(32)13-24(25)33)26(37)16-30-7-6-18-10-19(14-30)12-20(11-18)15-30/h2-5,13,17-20H,6-12,14-16H2,1H3. The molecular formula is C30H32F3N3O2. The number of pyridine rings is 2. The molecule has 2 aromatic heterocycles. The van der Waals surface area contributed by atoms with E-state index in [0.29, 0.717) is 24.1 Å². The second kappa shape index (κ2) is 9.54. The highest BCUT2D eigenvalue weighted by Gasteiger charge is 2.48. The molecule has 0 radical (unpaired) electrons. The highest BCUT2D eigenvalue weighted by molar-refractivity contribution is 5.99. The van der Waals surface area contributed by atoms with Crippen LogP contribution < -0.4 is 10.3 Å². The summed E-state index contributed by atoms with van der Waals surface area (Å²) in [6.07, 6.45) is 9.65. The molecule has 4 saturated carbocycles. The van der Waals surface area contributed by atoms with Crippen LogP contribution in [0.1, 0.15) is 61.7 Å². The van der Waals surface area contributed by atoms with Crippen molar-refractivity contribution in [1.82, 2.24) is 9.55 Å². The Morgan fingerprint density at radius 1 is 1.11 bits per heavy atom. The van der Waals surface area contributed by atoms with Crippen LogP contribution in [0.2, 0.25) is 0 Å². The van der Waals surface area contributed by atoms with Crippen LogP contribution in [0, 0.1) is 34.8 Å². The number of anilines is 1. The monoisotopic (exact) mass is 523 g/mol. The Kier molecular flexibility index (Phi) is 6.31. The van der Waals surface area contributed by atoms with Gasteiger partial charge in [-0.05, 0) is 92.4 Å². The Balaban J connectivity index is 1.46. The normalized spacial score (nSPS) is 26.1. The fourth-order valence-corrected chi connectivity index (χ4v) is 7.67. The Bertz CT molecular complexity index is 1460. The minimum atomic E-state index is -0.838. The number of rotatable bonds is 7. The Labute approximate surface area is 219 Å². The number of carbonyl (C=O) groups is 1. The molecule has 38 heavy (non-hydrogen) atoms. The van der Waals surface area contributed by atoms with E-state index >= 15 is 0 Å². The third-order valence-electron chi connectivity index (χ3n) is 9.18. The SMILES string of the molecule is CN(CCF)c1ccc2c(=O)c(C(=O)CC34CCC5CC(CC(C5)C3)C4)cn(-c3ccc(F)cc3F)c2n1. The summed E-state index contributed by atoms with van der Waals surface area (Å²) in [6, 6.07) is 6.31. The quantitative estimate of drug-likeness (QED) is 0.344. The predicted octanol–water partition coefficient (Wildman–Crippen LogP) is 6.25. The van der Waals surface area contributed by atoms with E-state index in [-0.39, 0.29) is 40.0 Å². The number of hydrogen-bond acceptors (Lipinski definition) is 4. The Morgan fingerprint density at radius 2 is 1.84 bits per heavy atom. The van der Waals surface area contributed by atoms with E-state index in [1.54, 1.807) is 24.1 Å². The van der Waals surface area contributed by atoms with Crippen molar-refractivity contribution in [2.24, 2.45) is 23.2 Å². The Hall–Kier alpha value is -3.16. The van der Waals surface area contributed by atoms with E-state index in [2.05, 4.69) is 4.98 Å².